The summed E-state index contributed by atoms with van der Waals surface area (Å²) in [6, 6.07) is 7.20. The molecular weight excluding hydrogens is 260 g/mol. The third-order valence-electron chi connectivity index (χ3n) is 2.90. The van der Waals surface area contributed by atoms with E-state index in [4.69, 9.17) is 10.3 Å². The molecule has 104 valence electrons. The van der Waals surface area contributed by atoms with Gasteiger partial charge in [0.2, 0.25) is 0 Å². The molecule has 1 aromatic rings. The lowest BCUT2D eigenvalue weighted by molar-refractivity contribution is -0.116. The zero-order chi connectivity index (χ0) is 14.5. The van der Waals surface area contributed by atoms with Crippen LogP contribution in [-0.4, -0.2) is 31.1 Å². The molecule has 1 saturated heterocycles. The molecule has 0 unspecified atom stereocenters. The van der Waals surface area contributed by atoms with Crippen LogP contribution in [0.2, 0.25) is 0 Å². The molecule has 1 aliphatic heterocycles. The maximum Gasteiger partial charge on any atom is 0.414 e. The minimum atomic E-state index is -0.469. The van der Waals surface area contributed by atoms with Gasteiger partial charge in [0.05, 0.1) is 13.1 Å². The van der Waals surface area contributed by atoms with Gasteiger partial charge in [0.25, 0.3) is 0 Å². The van der Waals surface area contributed by atoms with Crippen LogP contribution in [0.5, 0.6) is 0 Å². The van der Waals surface area contributed by atoms with E-state index in [9.17, 15) is 9.59 Å². The van der Waals surface area contributed by atoms with E-state index < -0.39 is 12.2 Å². The van der Waals surface area contributed by atoms with Crippen molar-refractivity contribution in [3.05, 3.63) is 40.3 Å². The second kappa shape index (κ2) is 6.08. The fourth-order valence-electron chi connectivity index (χ4n) is 2.08. The smallest absolute Gasteiger partial charge is 0.414 e. The number of benzene rings is 1. The fraction of sp³-hybridized carbons (Fsp3) is 0.385. The Hall–Kier alpha value is -2.53. The van der Waals surface area contributed by atoms with Gasteiger partial charge in [0.1, 0.15) is 11.9 Å². The van der Waals surface area contributed by atoms with E-state index in [0.717, 1.165) is 5.56 Å². The Morgan fingerprint density at radius 2 is 2.40 bits per heavy atom. The Bertz CT molecular complexity index is 581. The van der Waals surface area contributed by atoms with Crippen LogP contribution in [0.4, 0.5) is 10.5 Å². The predicted molar refractivity (Wildman–Crippen MR) is 72.5 cm³/mol. The zero-order valence-corrected chi connectivity index (χ0v) is 11.0. The van der Waals surface area contributed by atoms with Crippen molar-refractivity contribution in [2.45, 2.75) is 19.4 Å². The van der Waals surface area contributed by atoms with Crippen LogP contribution in [0.1, 0.15) is 12.5 Å². The first-order chi connectivity index (χ1) is 9.60. The Morgan fingerprint density at radius 3 is 3.10 bits per heavy atom. The normalized spacial score (nSPS) is 17.6. The largest absolute Gasteiger partial charge is 0.444 e. The summed E-state index contributed by atoms with van der Waals surface area (Å²) in [5, 5.41) is 3.41. The van der Waals surface area contributed by atoms with Crippen molar-refractivity contribution in [2.75, 3.05) is 18.0 Å². The van der Waals surface area contributed by atoms with Crippen LogP contribution < -0.4 is 4.90 Å². The number of hydrogen-bond acceptors (Lipinski definition) is 4. The summed E-state index contributed by atoms with van der Waals surface area (Å²) in [7, 11) is 0. The van der Waals surface area contributed by atoms with Crippen molar-refractivity contribution in [2.24, 2.45) is 5.11 Å². The number of ether oxygens (including phenoxy) is 1. The predicted octanol–water partition coefficient (Wildman–Crippen LogP) is 2.45. The van der Waals surface area contributed by atoms with Gasteiger partial charge in [-0.05, 0) is 30.2 Å². The number of ketones is 1. The summed E-state index contributed by atoms with van der Waals surface area (Å²) >= 11 is 0. The number of azide groups is 1. The van der Waals surface area contributed by atoms with Crippen LogP contribution >= 0.6 is 0 Å². The van der Waals surface area contributed by atoms with E-state index in [1.807, 2.05) is 6.07 Å². The highest BCUT2D eigenvalue weighted by atomic mass is 16.6. The highest BCUT2D eigenvalue weighted by Gasteiger charge is 2.31. The van der Waals surface area contributed by atoms with Crippen LogP contribution in [0.15, 0.2) is 29.4 Å². The Balaban J connectivity index is 2.13. The first-order valence-electron chi connectivity index (χ1n) is 6.17. The summed E-state index contributed by atoms with van der Waals surface area (Å²) in [6.45, 7) is 1.97. The number of carbonyl (C=O) groups excluding carboxylic acids is 2. The lowest BCUT2D eigenvalue weighted by Gasteiger charge is -2.13. The number of anilines is 1. The van der Waals surface area contributed by atoms with Crippen LogP contribution in [-0.2, 0) is 16.0 Å². The minimum Gasteiger partial charge on any atom is -0.444 e. The zero-order valence-electron chi connectivity index (χ0n) is 11.0. The van der Waals surface area contributed by atoms with E-state index >= 15 is 0 Å². The molecule has 0 spiro atoms. The maximum absolute atomic E-state index is 11.8. The van der Waals surface area contributed by atoms with Gasteiger partial charge in [0.15, 0.2) is 0 Å². The van der Waals surface area contributed by atoms with Crippen molar-refractivity contribution in [3.8, 4) is 0 Å². The number of carbonyl (C=O) groups is 2. The van der Waals surface area contributed by atoms with E-state index in [1.54, 1.807) is 18.2 Å². The van der Waals surface area contributed by atoms with Crippen molar-refractivity contribution >= 4 is 17.6 Å². The molecule has 1 fully saturated rings. The Labute approximate surface area is 115 Å². The average molecular weight is 274 g/mol. The second-order valence-electron chi connectivity index (χ2n) is 4.58. The fourth-order valence-corrected chi connectivity index (χ4v) is 2.08. The molecule has 0 saturated carbocycles. The van der Waals surface area contributed by atoms with Crippen LogP contribution in [0.25, 0.3) is 10.4 Å². The summed E-state index contributed by atoms with van der Waals surface area (Å²) in [5.74, 6) is 0.0624. The van der Waals surface area contributed by atoms with Gasteiger partial charge < -0.3 is 4.74 Å². The van der Waals surface area contributed by atoms with Gasteiger partial charge in [-0.1, -0.05) is 17.2 Å². The molecule has 1 amide bonds. The third kappa shape index (κ3) is 3.27. The molecule has 20 heavy (non-hydrogen) atoms. The average Bonchev–Trinajstić information content (AvgIpc) is 2.77. The van der Waals surface area contributed by atoms with E-state index in [-0.39, 0.29) is 12.3 Å². The van der Waals surface area contributed by atoms with E-state index in [2.05, 4.69) is 10.0 Å². The van der Waals surface area contributed by atoms with Gasteiger partial charge in [-0.15, -0.1) is 0 Å². The van der Waals surface area contributed by atoms with Gasteiger partial charge in [0, 0.05) is 17.0 Å². The molecule has 7 heteroatoms. The molecule has 0 N–H and O–H groups in total. The molecule has 1 aromatic carbocycles. The minimum absolute atomic E-state index is 0.0624. The molecule has 0 aromatic heterocycles. The monoisotopic (exact) mass is 274 g/mol. The Morgan fingerprint density at radius 1 is 1.60 bits per heavy atom. The molecule has 0 bridgehead atoms. The molecule has 1 atom stereocenters. The Kier molecular flexibility index (Phi) is 4.22. The number of cyclic esters (lactones) is 1. The molecule has 0 radical (unpaired) electrons. The molecule has 2 rings (SSSR count). The summed E-state index contributed by atoms with van der Waals surface area (Å²) in [6.07, 6.45) is -0.572. The maximum atomic E-state index is 11.8. The topological polar surface area (TPSA) is 95.4 Å². The van der Waals surface area contributed by atoms with Crippen molar-refractivity contribution < 1.29 is 14.3 Å². The number of hydrogen-bond donors (Lipinski definition) is 0. The van der Waals surface area contributed by atoms with Crippen LogP contribution in [0, 0.1) is 0 Å². The van der Waals surface area contributed by atoms with Gasteiger partial charge >= 0.3 is 6.09 Å². The first kappa shape index (κ1) is 13.9. The number of nitrogens with zero attached hydrogens (tertiary/aromatic N) is 4. The van der Waals surface area contributed by atoms with Crippen LogP contribution in [0.3, 0.4) is 0 Å². The first-order valence-corrected chi connectivity index (χ1v) is 6.17. The van der Waals surface area contributed by atoms with Gasteiger partial charge in [-0.2, -0.15) is 0 Å². The third-order valence-corrected chi connectivity index (χ3v) is 2.90. The highest BCUT2D eigenvalue weighted by Crippen LogP contribution is 2.23. The van der Waals surface area contributed by atoms with E-state index in [0.29, 0.717) is 18.7 Å². The van der Waals surface area contributed by atoms with Crippen molar-refractivity contribution in [3.63, 3.8) is 0 Å². The molecule has 7 nitrogen and oxygen atoms in total. The summed E-state index contributed by atoms with van der Waals surface area (Å²) in [5.41, 5.74) is 9.79. The SMILES string of the molecule is CC(=O)Cc1cccc(N2C[C@H](CN=[N+]=[N-])OC2=O)c1. The van der Waals surface area contributed by atoms with Crippen molar-refractivity contribution in [1.82, 2.24) is 0 Å². The molecule has 1 heterocycles. The molecular formula is C13H14N4O3. The quantitative estimate of drug-likeness (QED) is 0.468. The second-order valence-corrected chi connectivity index (χ2v) is 4.58. The standard InChI is InChI=1S/C13H14N4O3/c1-9(18)5-10-3-2-4-11(6-10)17-8-12(7-15-16-14)20-13(17)19/h2-4,6,12H,5,7-8H2,1H3/t12-/m0/s1. The molecule has 1 aliphatic rings. The summed E-state index contributed by atoms with van der Waals surface area (Å²) < 4.78 is 5.11. The number of amides is 1. The lowest BCUT2D eigenvalue weighted by Crippen LogP contribution is -2.25. The number of rotatable bonds is 5. The summed E-state index contributed by atoms with van der Waals surface area (Å²) in [4.78, 5) is 27.0. The highest BCUT2D eigenvalue weighted by molar-refractivity contribution is 5.90. The van der Waals surface area contributed by atoms with E-state index in [1.165, 1.54) is 11.8 Å². The van der Waals surface area contributed by atoms with Crippen molar-refractivity contribution in [1.29, 1.82) is 0 Å². The lowest BCUT2D eigenvalue weighted by atomic mass is 10.1. The number of Topliss-reactive ketones (excluding diaryl/α,β-unsaturated/α-hetero) is 1. The molecule has 0 aliphatic carbocycles. The van der Waals surface area contributed by atoms with Gasteiger partial charge in [-0.25, -0.2) is 4.79 Å². The van der Waals surface area contributed by atoms with Gasteiger partial charge in [-0.3, -0.25) is 9.69 Å².